The molecule has 0 spiro atoms. The van der Waals surface area contributed by atoms with E-state index in [0.717, 1.165) is 18.4 Å². The average molecular weight is 365 g/mol. The lowest BCUT2D eigenvalue weighted by atomic mass is 9.96. The summed E-state index contributed by atoms with van der Waals surface area (Å²) < 4.78 is 6.92. The summed E-state index contributed by atoms with van der Waals surface area (Å²) >= 11 is 0. The van der Waals surface area contributed by atoms with Crippen molar-refractivity contribution < 1.29 is 9.32 Å². The zero-order valence-corrected chi connectivity index (χ0v) is 14.7. The lowest BCUT2D eigenvalue weighted by Gasteiger charge is -2.31. The fourth-order valence-corrected chi connectivity index (χ4v) is 3.29. The Balaban J connectivity index is 1.37. The molecule has 1 amide bonds. The Kier molecular flexibility index (Phi) is 4.78. The van der Waals surface area contributed by atoms with Crippen molar-refractivity contribution in [3.8, 4) is 11.3 Å². The Bertz CT molecular complexity index is 974. The number of nitrogens with zero attached hydrogens (tertiary/aromatic N) is 5. The third-order valence-electron chi connectivity index (χ3n) is 4.82. The van der Waals surface area contributed by atoms with Gasteiger partial charge in [-0.3, -0.25) is 19.1 Å². The normalized spacial score (nSPS) is 15.0. The van der Waals surface area contributed by atoms with Gasteiger partial charge in [-0.25, -0.2) is 4.98 Å². The van der Waals surface area contributed by atoms with E-state index in [2.05, 4.69) is 15.1 Å². The zero-order chi connectivity index (χ0) is 18.6. The predicted molar refractivity (Wildman–Crippen MR) is 96.9 cm³/mol. The molecule has 138 valence electrons. The number of rotatable bonds is 4. The summed E-state index contributed by atoms with van der Waals surface area (Å²) in [6.45, 7) is 1.89. The molecule has 8 nitrogen and oxygen atoms in total. The Hall–Kier alpha value is -3.29. The third-order valence-corrected chi connectivity index (χ3v) is 4.82. The first kappa shape index (κ1) is 17.1. The molecule has 0 aliphatic carbocycles. The molecule has 1 aliphatic rings. The van der Waals surface area contributed by atoms with E-state index < -0.39 is 0 Å². The summed E-state index contributed by atoms with van der Waals surface area (Å²) in [7, 11) is 0. The van der Waals surface area contributed by atoms with Gasteiger partial charge in [0, 0.05) is 55.9 Å². The molecule has 8 heteroatoms. The molecule has 0 N–H and O–H groups in total. The number of carbonyl (C=O) groups is 1. The summed E-state index contributed by atoms with van der Waals surface area (Å²) in [4.78, 5) is 34.3. The largest absolute Gasteiger partial charge is 0.355 e. The van der Waals surface area contributed by atoms with Gasteiger partial charge >= 0.3 is 0 Å². The number of hydrogen-bond acceptors (Lipinski definition) is 6. The number of aromatic nitrogens is 4. The first-order chi connectivity index (χ1) is 13.2. The second-order valence-electron chi connectivity index (χ2n) is 6.62. The summed E-state index contributed by atoms with van der Waals surface area (Å²) in [5, 5.41) is 3.92. The van der Waals surface area contributed by atoms with Crippen LogP contribution in [-0.2, 0) is 6.54 Å². The first-order valence-electron chi connectivity index (χ1n) is 8.87. The number of piperidine rings is 1. The molecule has 1 aliphatic heterocycles. The van der Waals surface area contributed by atoms with E-state index in [0.29, 0.717) is 37.0 Å². The van der Waals surface area contributed by atoms with Gasteiger partial charge in [-0.1, -0.05) is 5.16 Å². The van der Waals surface area contributed by atoms with Crippen molar-refractivity contribution in [1.29, 1.82) is 0 Å². The molecule has 0 unspecified atom stereocenters. The summed E-state index contributed by atoms with van der Waals surface area (Å²) in [5.41, 5.74) is 1.04. The van der Waals surface area contributed by atoms with Crippen LogP contribution in [0.4, 0.5) is 0 Å². The van der Waals surface area contributed by atoms with Crippen LogP contribution in [0.5, 0.6) is 0 Å². The van der Waals surface area contributed by atoms with Crippen molar-refractivity contribution in [1.82, 2.24) is 24.6 Å². The van der Waals surface area contributed by atoms with Crippen LogP contribution in [0.15, 0.2) is 58.5 Å². The van der Waals surface area contributed by atoms with Crippen LogP contribution in [0.25, 0.3) is 11.3 Å². The third kappa shape index (κ3) is 3.79. The second-order valence-corrected chi connectivity index (χ2v) is 6.62. The van der Waals surface area contributed by atoms with Crippen LogP contribution in [0.1, 0.15) is 23.3 Å². The van der Waals surface area contributed by atoms with Gasteiger partial charge in [0.15, 0.2) is 11.5 Å². The molecule has 3 aromatic rings. The molecule has 4 rings (SSSR count). The maximum absolute atomic E-state index is 12.7. The van der Waals surface area contributed by atoms with Gasteiger partial charge in [-0.15, -0.1) is 0 Å². The van der Waals surface area contributed by atoms with Crippen LogP contribution in [0, 0.1) is 5.92 Å². The lowest BCUT2D eigenvalue weighted by molar-refractivity contribution is 0.0672. The van der Waals surface area contributed by atoms with Gasteiger partial charge in [0.05, 0.1) is 6.33 Å². The van der Waals surface area contributed by atoms with Crippen molar-refractivity contribution >= 4 is 5.91 Å². The smallest absolute Gasteiger partial charge is 0.276 e. The maximum atomic E-state index is 12.7. The number of carbonyl (C=O) groups excluding carboxylic acids is 1. The first-order valence-corrected chi connectivity index (χ1v) is 8.87. The number of hydrogen-bond donors (Lipinski definition) is 0. The molecule has 0 radical (unpaired) electrons. The molecule has 0 atom stereocenters. The minimum atomic E-state index is -0.133. The summed E-state index contributed by atoms with van der Waals surface area (Å²) in [5.74, 6) is 0.738. The van der Waals surface area contributed by atoms with E-state index >= 15 is 0 Å². The topological polar surface area (TPSA) is 94.1 Å². The monoisotopic (exact) mass is 365 g/mol. The van der Waals surface area contributed by atoms with E-state index in [4.69, 9.17) is 4.52 Å². The number of likely N-dealkylation sites (tertiary alicyclic amines) is 1. The molecule has 1 fully saturated rings. The zero-order valence-electron chi connectivity index (χ0n) is 14.7. The van der Waals surface area contributed by atoms with Gasteiger partial charge in [0.25, 0.3) is 11.5 Å². The lowest BCUT2D eigenvalue weighted by Crippen LogP contribution is -2.40. The van der Waals surface area contributed by atoms with Crippen LogP contribution < -0.4 is 5.56 Å². The predicted octanol–water partition coefficient (Wildman–Crippen LogP) is 1.85. The fraction of sp³-hybridized carbons (Fsp3) is 0.316. The van der Waals surface area contributed by atoms with Crippen molar-refractivity contribution in [3.63, 3.8) is 0 Å². The molecule has 0 aromatic carbocycles. The van der Waals surface area contributed by atoms with Gasteiger partial charge < -0.3 is 9.42 Å². The quantitative estimate of drug-likeness (QED) is 0.700. The van der Waals surface area contributed by atoms with Crippen molar-refractivity contribution in [2.45, 2.75) is 19.4 Å². The van der Waals surface area contributed by atoms with E-state index in [-0.39, 0.29) is 11.5 Å². The second kappa shape index (κ2) is 7.53. The van der Waals surface area contributed by atoms with E-state index in [1.54, 1.807) is 40.3 Å². The highest BCUT2D eigenvalue weighted by Gasteiger charge is 2.26. The maximum Gasteiger partial charge on any atom is 0.276 e. The molecule has 0 bridgehead atoms. The highest BCUT2D eigenvalue weighted by Crippen LogP contribution is 2.23. The molecule has 1 saturated heterocycles. The molecular formula is C19H19N5O3. The molecule has 27 heavy (non-hydrogen) atoms. The average Bonchev–Trinajstić information content (AvgIpc) is 3.21. The van der Waals surface area contributed by atoms with Crippen LogP contribution in [0.3, 0.4) is 0 Å². The minimum Gasteiger partial charge on any atom is -0.355 e. The highest BCUT2D eigenvalue weighted by molar-refractivity contribution is 5.93. The standard InChI is InChI=1S/C19H19N5O3/c25-18-3-7-21-13-24(18)12-14-4-8-23(9-5-14)19(26)16-10-17(27-22-16)15-2-1-6-20-11-15/h1-3,6-7,10-11,13-14H,4-5,8-9,12H2. The van der Waals surface area contributed by atoms with Crippen molar-refractivity contribution in [2.75, 3.05) is 13.1 Å². The van der Waals surface area contributed by atoms with Gasteiger partial charge in [0.2, 0.25) is 0 Å². The van der Waals surface area contributed by atoms with Gasteiger partial charge in [0.1, 0.15) is 0 Å². The van der Waals surface area contributed by atoms with Crippen LogP contribution in [-0.4, -0.2) is 43.6 Å². The fourth-order valence-electron chi connectivity index (χ4n) is 3.29. The molecule has 4 heterocycles. The van der Waals surface area contributed by atoms with Crippen molar-refractivity contribution in [2.24, 2.45) is 5.92 Å². The van der Waals surface area contributed by atoms with Crippen LogP contribution in [0.2, 0.25) is 0 Å². The number of amides is 1. The summed E-state index contributed by atoms with van der Waals surface area (Å²) in [6, 6.07) is 6.77. The van der Waals surface area contributed by atoms with E-state index in [9.17, 15) is 9.59 Å². The molecular weight excluding hydrogens is 346 g/mol. The molecule has 3 aromatic heterocycles. The Morgan fingerprint density at radius 1 is 1.19 bits per heavy atom. The van der Waals surface area contributed by atoms with Gasteiger partial charge in [-0.2, -0.15) is 0 Å². The van der Waals surface area contributed by atoms with E-state index in [1.165, 1.54) is 12.3 Å². The van der Waals surface area contributed by atoms with Gasteiger partial charge in [-0.05, 0) is 30.9 Å². The summed E-state index contributed by atoms with van der Waals surface area (Å²) in [6.07, 6.45) is 8.07. The Morgan fingerprint density at radius 2 is 2.04 bits per heavy atom. The number of pyridine rings is 1. The Morgan fingerprint density at radius 3 is 2.78 bits per heavy atom. The Labute approximate surface area is 155 Å². The highest BCUT2D eigenvalue weighted by atomic mass is 16.5. The minimum absolute atomic E-state index is 0.0472. The van der Waals surface area contributed by atoms with Crippen LogP contribution >= 0.6 is 0 Å². The molecule has 0 saturated carbocycles. The SMILES string of the molecule is O=C(c1cc(-c2cccnc2)on1)N1CCC(Cn2cnccc2=O)CC1. The van der Waals surface area contributed by atoms with Crippen molar-refractivity contribution in [3.05, 3.63) is 65.2 Å². The van der Waals surface area contributed by atoms with E-state index in [1.807, 2.05) is 6.07 Å².